The van der Waals surface area contributed by atoms with Crippen LogP contribution in [0, 0.1) is 5.82 Å². The van der Waals surface area contributed by atoms with Gasteiger partial charge in [-0.25, -0.2) is 9.37 Å². The van der Waals surface area contributed by atoms with E-state index in [1.807, 2.05) is 24.3 Å². The number of halogens is 1. The number of hydrogen-bond acceptors (Lipinski definition) is 5. The van der Waals surface area contributed by atoms with Gasteiger partial charge in [0, 0.05) is 22.7 Å². The Morgan fingerprint density at radius 3 is 2.61 bits per heavy atom. The van der Waals surface area contributed by atoms with E-state index in [0.717, 1.165) is 34.3 Å². The van der Waals surface area contributed by atoms with Crippen molar-refractivity contribution in [2.24, 2.45) is 0 Å². The summed E-state index contributed by atoms with van der Waals surface area (Å²) in [4.78, 5) is 4.75. The number of nitrogens with zero attached hydrogens (tertiary/aromatic N) is 4. The van der Waals surface area contributed by atoms with Gasteiger partial charge >= 0.3 is 0 Å². The van der Waals surface area contributed by atoms with Gasteiger partial charge in [0.2, 0.25) is 0 Å². The highest BCUT2D eigenvalue weighted by Gasteiger charge is 2.31. The molecule has 140 valence electrons. The van der Waals surface area contributed by atoms with E-state index < -0.39 is 0 Å². The van der Waals surface area contributed by atoms with Gasteiger partial charge in [-0.3, -0.25) is 4.57 Å². The normalized spacial score (nSPS) is 13.8. The van der Waals surface area contributed by atoms with Crippen molar-refractivity contribution >= 4 is 23.1 Å². The third-order valence-electron chi connectivity index (χ3n) is 4.61. The molecule has 7 heteroatoms. The molecule has 1 saturated carbocycles. The number of aromatic nitrogens is 4. The molecule has 0 atom stereocenters. The summed E-state index contributed by atoms with van der Waals surface area (Å²) in [5.74, 6) is 1.07. The molecule has 0 bridgehead atoms. The minimum atomic E-state index is -0.264. The standard InChI is InChI=1S/C21H17FN4S2/c22-18-9-5-4-8-17(18)19-24-25-21(26(19)16-10-11-16)28-13-15-12-27-20(23-15)14-6-2-1-3-7-14/h1-9,12,16H,10-11,13H2. The molecule has 1 aliphatic rings. The molecule has 28 heavy (non-hydrogen) atoms. The molecule has 5 rings (SSSR count). The van der Waals surface area contributed by atoms with Crippen LogP contribution in [-0.2, 0) is 5.75 Å². The molecule has 2 heterocycles. The average Bonchev–Trinajstić information content (AvgIpc) is 3.30. The lowest BCUT2D eigenvalue weighted by Gasteiger charge is -2.09. The summed E-state index contributed by atoms with van der Waals surface area (Å²) in [6.07, 6.45) is 2.17. The Hall–Kier alpha value is -2.51. The van der Waals surface area contributed by atoms with Crippen LogP contribution in [0.15, 0.2) is 65.1 Å². The molecule has 0 radical (unpaired) electrons. The largest absolute Gasteiger partial charge is 0.299 e. The predicted octanol–water partition coefficient (Wildman–Crippen LogP) is 5.83. The molecular weight excluding hydrogens is 391 g/mol. The summed E-state index contributed by atoms with van der Waals surface area (Å²) in [5, 5.41) is 12.6. The van der Waals surface area contributed by atoms with Gasteiger partial charge in [0.15, 0.2) is 11.0 Å². The fourth-order valence-electron chi connectivity index (χ4n) is 3.09. The zero-order valence-electron chi connectivity index (χ0n) is 15.0. The number of benzene rings is 2. The first kappa shape index (κ1) is 17.6. The maximum atomic E-state index is 14.3. The molecule has 0 saturated heterocycles. The average molecular weight is 409 g/mol. The van der Waals surface area contributed by atoms with Crippen LogP contribution >= 0.6 is 23.1 Å². The van der Waals surface area contributed by atoms with Crippen LogP contribution in [0.5, 0.6) is 0 Å². The van der Waals surface area contributed by atoms with Crippen molar-refractivity contribution in [2.75, 3.05) is 0 Å². The molecule has 0 N–H and O–H groups in total. The molecule has 0 spiro atoms. The van der Waals surface area contributed by atoms with Gasteiger partial charge in [0.25, 0.3) is 0 Å². The summed E-state index contributed by atoms with van der Waals surface area (Å²) in [6, 6.07) is 17.3. The van der Waals surface area contributed by atoms with Crippen LogP contribution in [0.1, 0.15) is 24.6 Å². The molecule has 2 aromatic carbocycles. The summed E-state index contributed by atoms with van der Waals surface area (Å²) in [6.45, 7) is 0. The fraction of sp³-hybridized carbons (Fsp3) is 0.190. The predicted molar refractivity (Wildman–Crippen MR) is 111 cm³/mol. The van der Waals surface area contributed by atoms with Gasteiger partial charge in [-0.2, -0.15) is 0 Å². The van der Waals surface area contributed by atoms with Crippen molar-refractivity contribution < 1.29 is 4.39 Å². The van der Waals surface area contributed by atoms with E-state index in [4.69, 9.17) is 4.98 Å². The van der Waals surface area contributed by atoms with Crippen molar-refractivity contribution in [3.63, 3.8) is 0 Å². The van der Waals surface area contributed by atoms with Gasteiger partial charge in [-0.05, 0) is 25.0 Å². The van der Waals surface area contributed by atoms with E-state index in [0.29, 0.717) is 23.2 Å². The monoisotopic (exact) mass is 408 g/mol. The number of rotatable bonds is 6. The molecule has 0 unspecified atom stereocenters. The minimum absolute atomic E-state index is 0.264. The zero-order chi connectivity index (χ0) is 18.9. The summed E-state index contributed by atoms with van der Waals surface area (Å²) < 4.78 is 16.4. The summed E-state index contributed by atoms with van der Waals surface area (Å²) >= 11 is 3.26. The van der Waals surface area contributed by atoms with Gasteiger partial charge in [-0.15, -0.1) is 21.5 Å². The Morgan fingerprint density at radius 1 is 1.04 bits per heavy atom. The topological polar surface area (TPSA) is 43.6 Å². The molecule has 1 fully saturated rings. The smallest absolute Gasteiger partial charge is 0.192 e. The Kier molecular flexibility index (Phi) is 4.70. The van der Waals surface area contributed by atoms with E-state index in [-0.39, 0.29) is 5.82 Å². The van der Waals surface area contributed by atoms with Gasteiger partial charge < -0.3 is 0 Å². The second-order valence-corrected chi connectivity index (χ2v) is 8.49. The first-order chi connectivity index (χ1) is 13.8. The SMILES string of the molecule is Fc1ccccc1-c1nnc(SCc2csc(-c3ccccc3)n2)n1C1CC1. The molecule has 4 aromatic rings. The Bertz CT molecular complexity index is 1100. The zero-order valence-corrected chi connectivity index (χ0v) is 16.6. The van der Waals surface area contributed by atoms with Crippen LogP contribution in [0.25, 0.3) is 22.0 Å². The van der Waals surface area contributed by atoms with Crippen molar-refractivity contribution in [2.45, 2.75) is 29.8 Å². The van der Waals surface area contributed by atoms with Crippen molar-refractivity contribution in [3.05, 3.63) is 71.5 Å². The van der Waals surface area contributed by atoms with Crippen molar-refractivity contribution in [1.29, 1.82) is 0 Å². The quantitative estimate of drug-likeness (QED) is 0.376. The highest BCUT2D eigenvalue weighted by Crippen LogP contribution is 2.42. The van der Waals surface area contributed by atoms with E-state index >= 15 is 0 Å². The maximum absolute atomic E-state index is 14.3. The first-order valence-corrected chi connectivity index (χ1v) is 11.0. The van der Waals surface area contributed by atoms with Crippen LogP contribution < -0.4 is 0 Å². The second-order valence-electron chi connectivity index (χ2n) is 6.69. The Morgan fingerprint density at radius 2 is 1.82 bits per heavy atom. The number of thioether (sulfide) groups is 1. The molecule has 2 aromatic heterocycles. The molecule has 1 aliphatic carbocycles. The lowest BCUT2D eigenvalue weighted by molar-refractivity contribution is 0.622. The van der Waals surface area contributed by atoms with E-state index in [1.54, 1.807) is 35.2 Å². The maximum Gasteiger partial charge on any atom is 0.192 e. The number of thiazole rings is 1. The molecule has 4 nitrogen and oxygen atoms in total. The van der Waals surface area contributed by atoms with Gasteiger partial charge in [0.05, 0.1) is 11.3 Å². The second kappa shape index (κ2) is 7.48. The Labute approximate surface area is 170 Å². The van der Waals surface area contributed by atoms with Gasteiger partial charge in [0.1, 0.15) is 10.8 Å². The third-order valence-corrected chi connectivity index (χ3v) is 6.53. The first-order valence-electron chi connectivity index (χ1n) is 9.12. The van der Waals surface area contributed by atoms with E-state index in [2.05, 4.69) is 32.3 Å². The van der Waals surface area contributed by atoms with Crippen LogP contribution in [-0.4, -0.2) is 19.7 Å². The molecule has 0 amide bonds. The summed E-state index contributed by atoms with van der Waals surface area (Å²) in [7, 11) is 0. The van der Waals surface area contributed by atoms with Crippen LogP contribution in [0.2, 0.25) is 0 Å². The highest BCUT2D eigenvalue weighted by atomic mass is 32.2. The van der Waals surface area contributed by atoms with Crippen LogP contribution in [0.3, 0.4) is 0 Å². The van der Waals surface area contributed by atoms with Gasteiger partial charge in [-0.1, -0.05) is 54.2 Å². The fourth-order valence-corrected chi connectivity index (χ4v) is 4.92. The lowest BCUT2D eigenvalue weighted by Crippen LogP contribution is -2.01. The molecular formula is C21H17FN4S2. The van der Waals surface area contributed by atoms with Crippen molar-refractivity contribution in [1.82, 2.24) is 19.7 Å². The Balaban J connectivity index is 1.38. The minimum Gasteiger partial charge on any atom is -0.299 e. The molecule has 0 aliphatic heterocycles. The van der Waals surface area contributed by atoms with E-state index in [9.17, 15) is 4.39 Å². The highest BCUT2D eigenvalue weighted by molar-refractivity contribution is 7.98. The van der Waals surface area contributed by atoms with Crippen LogP contribution in [0.4, 0.5) is 4.39 Å². The third kappa shape index (κ3) is 3.47. The van der Waals surface area contributed by atoms with Crippen molar-refractivity contribution in [3.8, 4) is 22.0 Å². The van der Waals surface area contributed by atoms with E-state index in [1.165, 1.54) is 6.07 Å². The number of hydrogen-bond donors (Lipinski definition) is 0. The summed E-state index contributed by atoms with van der Waals surface area (Å²) in [5.41, 5.74) is 2.66. The lowest BCUT2D eigenvalue weighted by atomic mass is 10.2.